The number of hydrogen-bond donors (Lipinski definition) is 1. The van der Waals surface area contributed by atoms with E-state index in [1.54, 1.807) is 49.6 Å². The number of benzene rings is 3. The molecule has 6 nitrogen and oxygen atoms in total. The SMILES string of the molecule is COc1ccc(OCC(=O)N(Cc2c(Cl)cccc2Cl)[C@@H](Cc2ccccc2)C(=O)NC2CCCC2)cc1. The van der Waals surface area contributed by atoms with Gasteiger partial charge in [-0.25, -0.2) is 0 Å². The predicted octanol–water partition coefficient (Wildman–Crippen LogP) is 6.08. The van der Waals surface area contributed by atoms with E-state index in [0.717, 1.165) is 31.2 Å². The first-order chi connectivity index (χ1) is 18.4. The number of halogens is 2. The lowest BCUT2D eigenvalue weighted by atomic mass is 10.0. The molecule has 1 saturated carbocycles. The van der Waals surface area contributed by atoms with Crippen molar-refractivity contribution in [3.8, 4) is 11.5 Å². The minimum absolute atomic E-state index is 0.0684. The fourth-order valence-corrected chi connectivity index (χ4v) is 5.19. The first-order valence-corrected chi connectivity index (χ1v) is 13.5. The topological polar surface area (TPSA) is 67.9 Å². The maximum Gasteiger partial charge on any atom is 0.261 e. The van der Waals surface area contributed by atoms with Crippen LogP contribution in [0, 0.1) is 0 Å². The predicted molar refractivity (Wildman–Crippen MR) is 150 cm³/mol. The Kier molecular flexibility index (Phi) is 9.91. The van der Waals surface area contributed by atoms with Crippen molar-refractivity contribution in [3.63, 3.8) is 0 Å². The number of hydrogen-bond acceptors (Lipinski definition) is 4. The summed E-state index contributed by atoms with van der Waals surface area (Å²) in [5.74, 6) is 0.663. The fourth-order valence-electron chi connectivity index (χ4n) is 4.68. The molecule has 0 aromatic heterocycles. The number of nitrogens with one attached hydrogen (secondary N) is 1. The monoisotopic (exact) mass is 554 g/mol. The minimum Gasteiger partial charge on any atom is -0.497 e. The molecular weight excluding hydrogens is 523 g/mol. The number of nitrogens with zero attached hydrogens (tertiary/aromatic N) is 1. The van der Waals surface area contributed by atoms with Crippen LogP contribution in [0.15, 0.2) is 72.8 Å². The molecule has 0 unspecified atom stereocenters. The van der Waals surface area contributed by atoms with Gasteiger partial charge in [-0.1, -0.05) is 72.4 Å². The summed E-state index contributed by atoms with van der Waals surface area (Å²) >= 11 is 13.0. The molecule has 1 fully saturated rings. The summed E-state index contributed by atoms with van der Waals surface area (Å²) in [5, 5.41) is 4.05. The second-order valence-electron chi connectivity index (χ2n) is 9.38. The van der Waals surface area contributed by atoms with E-state index in [0.29, 0.717) is 33.5 Å². The van der Waals surface area contributed by atoms with E-state index in [-0.39, 0.29) is 31.0 Å². The molecule has 1 aliphatic carbocycles. The Labute approximate surface area is 233 Å². The van der Waals surface area contributed by atoms with Gasteiger partial charge in [0.2, 0.25) is 5.91 Å². The summed E-state index contributed by atoms with van der Waals surface area (Å²) in [6.45, 7) is -0.185. The van der Waals surface area contributed by atoms with Crippen molar-refractivity contribution in [2.24, 2.45) is 0 Å². The maximum atomic E-state index is 13.8. The van der Waals surface area contributed by atoms with Crippen LogP contribution in [0.1, 0.15) is 36.8 Å². The van der Waals surface area contributed by atoms with E-state index in [1.807, 2.05) is 30.3 Å². The molecular formula is C30H32Cl2N2O4. The van der Waals surface area contributed by atoms with Gasteiger partial charge in [-0.15, -0.1) is 0 Å². The number of amides is 2. The Morgan fingerprint density at radius 3 is 2.18 bits per heavy atom. The van der Waals surface area contributed by atoms with E-state index in [2.05, 4.69) is 5.32 Å². The summed E-state index contributed by atoms with van der Waals surface area (Å²) in [7, 11) is 1.58. The Morgan fingerprint density at radius 2 is 1.55 bits per heavy atom. The molecule has 0 saturated heterocycles. The average Bonchev–Trinajstić information content (AvgIpc) is 3.44. The Morgan fingerprint density at radius 1 is 0.921 bits per heavy atom. The highest BCUT2D eigenvalue weighted by Gasteiger charge is 2.33. The molecule has 38 heavy (non-hydrogen) atoms. The van der Waals surface area contributed by atoms with Crippen LogP contribution in [0.3, 0.4) is 0 Å². The smallest absolute Gasteiger partial charge is 0.261 e. The first kappa shape index (κ1) is 27.8. The third-order valence-corrected chi connectivity index (χ3v) is 7.49. The van der Waals surface area contributed by atoms with Gasteiger partial charge in [0.25, 0.3) is 5.91 Å². The highest BCUT2D eigenvalue weighted by Crippen LogP contribution is 2.28. The molecule has 2 amide bonds. The summed E-state index contributed by atoms with van der Waals surface area (Å²) < 4.78 is 11.0. The molecule has 3 aromatic carbocycles. The van der Waals surface area contributed by atoms with Crippen LogP contribution in [0.4, 0.5) is 0 Å². The highest BCUT2D eigenvalue weighted by molar-refractivity contribution is 6.36. The van der Waals surface area contributed by atoms with Crippen molar-refractivity contribution in [1.29, 1.82) is 0 Å². The number of methoxy groups -OCH3 is 1. The summed E-state index contributed by atoms with van der Waals surface area (Å²) in [6, 6.07) is 21.2. The van der Waals surface area contributed by atoms with Gasteiger partial charge in [0.1, 0.15) is 17.5 Å². The van der Waals surface area contributed by atoms with Gasteiger partial charge in [0, 0.05) is 34.6 Å². The number of carbonyl (C=O) groups excluding carboxylic acids is 2. The van der Waals surface area contributed by atoms with Crippen LogP contribution < -0.4 is 14.8 Å². The molecule has 1 aliphatic rings. The minimum atomic E-state index is -0.780. The van der Waals surface area contributed by atoms with Crippen LogP contribution in [-0.2, 0) is 22.6 Å². The van der Waals surface area contributed by atoms with Gasteiger partial charge in [-0.05, 0) is 54.8 Å². The lowest BCUT2D eigenvalue weighted by Crippen LogP contribution is -2.53. The molecule has 4 rings (SSSR count). The quantitative estimate of drug-likeness (QED) is 0.312. The van der Waals surface area contributed by atoms with Crippen molar-refractivity contribution in [3.05, 3.63) is 94.0 Å². The van der Waals surface area contributed by atoms with E-state index < -0.39 is 6.04 Å². The van der Waals surface area contributed by atoms with Gasteiger partial charge in [0.15, 0.2) is 6.61 Å². The van der Waals surface area contributed by atoms with Crippen LogP contribution >= 0.6 is 23.2 Å². The zero-order chi connectivity index (χ0) is 26.9. The van der Waals surface area contributed by atoms with Crippen molar-refractivity contribution in [1.82, 2.24) is 10.2 Å². The Hall–Kier alpha value is -3.22. The summed E-state index contributed by atoms with van der Waals surface area (Å²) in [6.07, 6.45) is 4.39. The number of carbonyl (C=O) groups is 2. The maximum absolute atomic E-state index is 13.8. The second kappa shape index (κ2) is 13.5. The molecule has 0 aliphatic heterocycles. The molecule has 8 heteroatoms. The summed E-state index contributed by atoms with van der Waals surface area (Å²) in [5.41, 5.74) is 1.53. The van der Waals surface area contributed by atoms with Crippen LogP contribution in [-0.4, -0.2) is 42.5 Å². The highest BCUT2D eigenvalue weighted by atomic mass is 35.5. The second-order valence-corrected chi connectivity index (χ2v) is 10.2. The van der Waals surface area contributed by atoms with Crippen molar-refractivity contribution < 1.29 is 19.1 Å². The van der Waals surface area contributed by atoms with Crippen LogP contribution in [0.2, 0.25) is 10.0 Å². The normalized spacial score (nSPS) is 14.1. The van der Waals surface area contributed by atoms with E-state index in [1.165, 1.54) is 4.90 Å². The lowest BCUT2D eigenvalue weighted by Gasteiger charge is -2.32. The van der Waals surface area contributed by atoms with Crippen molar-refractivity contribution >= 4 is 35.0 Å². The summed E-state index contributed by atoms with van der Waals surface area (Å²) in [4.78, 5) is 29.0. The molecule has 0 spiro atoms. The lowest BCUT2D eigenvalue weighted by molar-refractivity contribution is -0.143. The standard InChI is InChI=1S/C30H32Cl2N2O4/c1-37-23-14-16-24(17-15-23)38-20-29(35)34(19-25-26(31)12-7-13-27(25)32)28(18-21-8-3-2-4-9-21)30(36)33-22-10-5-6-11-22/h2-4,7-9,12-17,22,28H,5-6,10-11,18-20H2,1H3,(H,33,36)/t28-/m0/s1. The third kappa shape index (κ3) is 7.42. The number of ether oxygens (including phenoxy) is 2. The van der Waals surface area contributed by atoms with Gasteiger partial charge >= 0.3 is 0 Å². The molecule has 0 heterocycles. The van der Waals surface area contributed by atoms with E-state index in [9.17, 15) is 9.59 Å². The van der Waals surface area contributed by atoms with Crippen molar-refractivity contribution in [2.45, 2.75) is 50.7 Å². The Bertz CT molecular complexity index is 1190. The molecule has 0 radical (unpaired) electrons. The van der Waals surface area contributed by atoms with Crippen molar-refractivity contribution in [2.75, 3.05) is 13.7 Å². The molecule has 200 valence electrons. The molecule has 1 N–H and O–H groups in total. The first-order valence-electron chi connectivity index (χ1n) is 12.8. The number of rotatable bonds is 11. The molecule has 1 atom stereocenters. The molecule has 0 bridgehead atoms. The van der Waals surface area contributed by atoms with Gasteiger partial charge < -0.3 is 19.7 Å². The zero-order valence-corrected chi connectivity index (χ0v) is 22.9. The van der Waals surface area contributed by atoms with Gasteiger partial charge in [-0.2, -0.15) is 0 Å². The zero-order valence-electron chi connectivity index (χ0n) is 21.4. The van der Waals surface area contributed by atoms with Gasteiger partial charge in [0.05, 0.1) is 7.11 Å². The Balaban J connectivity index is 1.63. The van der Waals surface area contributed by atoms with E-state index in [4.69, 9.17) is 32.7 Å². The largest absolute Gasteiger partial charge is 0.497 e. The van der Waals surface area contributed by atoms with E-state index >= 15 is 0 Å². The van der Waals surface area contributed by atoms with Gasteiger partial charge in [-0.3, -0.25) is 9.59 Å². The third-order valence-electron chi connectivity index (χ3n) is 6.78. The fraction of sp³-hybridized carbons (Fsp3) is 0.333. The average molecular weight is 556 g/mol. The molecule has 3 aromatic rings. The van der Waals surface area contributed by atoms with Crippen LogP contribution in [0.5, 0.6) is 11.5 Å². The van der Waals surface area contributed by atoms with Crippen LogP contribution in [0.25, 0.3) is 0 Å².